The summed E-state index contributed by atoms with van der Waals surface area (Å²) in [5, 5.41) is 1.17. The standard InChI is InChI=1S/C19H21Cl2NO/c1-14(16-10-11-17(20)18(21)13-16)7-6-12-22(2)19(23)15-8-4-3-5-9-15/h3-5,8-11,13-14H,6-7,12H2,1-2H3. The van der Waals surface area contributed by atoms with Gasteiger partial charge in [-0.2, -0.15) is 0 Å². The number of carbonyl (C=O) groups excluding carboxylic acids is 1. The van der Waals surface area contributed by atoms with Crippen molar-refractivity contribution in [3.8, 4) is 0 Å². The number of halogens is 2. The number of amides is 1. The lowest BCUT2D eigenvalue weighted by Crippen LogP contribution is -2.27. The van der Waals surface area contributed by atoms with Crippen LogP contribution < -0.4 is 0 Å². The van der Waals surface area contributed by atoms with Crippen LogP contribution in [0.25, 0.3) is 0 Å². The first-order valence-corrected chi connectivity index (χ1v) is 8.50. The predicted molar refractivity (Wildman–Crippen MR) is 97.5 cm³/mol. The van der Waals surface area contributed by atoms with Crippen LogP contribution in [0.15, 0.2) is 48.5 Å². The highest BCUT2D eigenvalue weighted by molar-refractivity contribution is 6.42. The number of carbonyl (C=O) groups is 1. The van der Waals surface area contributed by atoms with E-state index in [1.807, 2.05) is 55.6 Å². The van der Waals surface area contributed by atoms with Gasteiger partial charge in [-0.25, -0.2) is 0 Å². The third-order valence-corrected chi connectivity index (χ3v) is 4.75. The van der Waals surface area contributed by atoms with E-state index in [4.69, 9.17) is 23.2 Å². The fourth-order valence-electron chi connectivity index (χ4n) is 2.52. The molecule has 1 unspecified atom stereocenters. The molecule has 0 aliphatic carbocycles. The monoisotopic (exact) mass is 349 g/mol. The fraction of sp³-hybridized carbons (Fsp3) is 0.316. The molecule has 122 valence electrons. The summed E-state index contributed by atoms with van der Waals surface area (Å²) in [7, 11) is 1.85. The van der Waals surface area contributed by atoms with Gasteiger partial charge in [-0.05, 0) is 48.6 Å². The van der Waals surface area contributed by atoms with Gasteiger partial charge in [0.1, 0.15) is 0 Å². The van der Waals surface area contributed by atoms with Gasteiger partial charge in [0.2, 0.25) is 0 Å². The Hall–Kier alpha value is -1.51. The third-order valence-electron chi connectivity index (χ3n) is 4.01. The molecule has 0 aliphatic rings. The molecule has 0 N–H and O–H groups in total. The average molecular weight is 350 g/mol. The lowest BCUT2D eigenvalue weighted by molar-refractivity contribution is 0.0792. The van der Waals surface area contributed by atoms with Crippen LogP contribution in [-0.2, 0) is 0 Å². The zero-order valence-electron chi connectivity index (χ0n) is 13.4. The van der Waals surface area contributed by atoms with Gasteiger partial charge in [-0.15, -0.1) is 0 Å². The molecular formula is C19H21Cl2NO. The minimum Gasteiger partial charge on any atom is -0.342 e. The highest BCUT2D eigenvalue weighted by Crippen LogP contribution is 2.28. The van der Waals surface area contributed by atoms with Gasteiger partial charge >= 0.3 is 0 Å². The summed E-state index contributed by atoms with van der Waals surface area (Å²) in [6, 6.07) is 15.1. The molecule has 2 aromatic carbocycles. The molecule has 0 saturated carbocycles. The van der Waals surface area contributed by atoms with Crippen LogP contribution in [0.5, 0.6) is 0 Å². The first kappa shape index (κ1) is 17.8. The van der Waals surface area contributed by atoms with E-state index < -0.39 is 0 Å². The summed E-state index contributed by atoms with van der Waals surface area (Å²) in [5.41, 5.74) is 1.91. The molecule has 2 aromatic rings. The lowest BCUT2D eigenvalue weighted by Gasteiger charge is -2.19. The van der Waals surface area contributed by atoms with Crippen molar-refractivity contribution in [3.63, 3.8) is 0 Å². The van der Waals surface area contributed by atoms with Gasteiger partial charge < -0.3 is 4.90 Å². The Morgan fingerprint density at radius 1 is 1.09 bits per heavy atom. The second-order valence-electron chi connectivity index (χ2n) is 5.81. The van der Waals surface area contributed by atoms with Crippen LogP contribution in [0.2, 0.25) is 10.0 Å². The van der Waals surface area contributed by atoms with Gasteiger partial charge in [0.15, 0.2) is 0 Å². The van der Waals surface area contributed by atoms with Gasteiger partial charge in [0.25, 0.3) is 5.91 Å². The molecule has 0 aromatic heterocycles. The van der Waals surface area contributed by atoms with E-state index in [1.54, 1.807) is 4.90 Å². The molecule has 0 saturated heterocycles. The smallest absolute Gasteiger partial charge is 0.253 e. The number of hydrogen-bond acceptors (Lipinski definition) is 1. The fourth-order valence-corrected chi connectivity index (χ4v) is 2.83. The van der Waals surface area contributed by atoms with Crippen molar-refractivity contribution in [1.29, 1.82) is 0 Å². The molecule has 0 spiro atoms. The minimum atomic E-state index is 0.0628. The molecule has 0 radical (unpaired) electrons. The zero-order valence-corrected chi connectivity index (χ0v) is 14.9. The molecule has 0 heterocycles. The summed E-state index contributed by atoms with van der Waals surface area (Å²) < 4.78 is 0. The summed E-state index contributed by atoms with van der Waals surface area (Å²) in [6.45, 7) is 2.90. The summed E-state index contributed by atoms with van der Waals surface area (Å²) in [4.78, 5) is 14.0. The maximum absolute atomic E-state index is 12.3. The van der Waals surface area contributed by atoms with Gasteiger partial charge in [0, 0.05) is 19.2 Å². The summed E-state index contributed by atoms with van der Waals surface area (Å²) >= 11 is 12.0. The Kier molecular flexibility index (Phi) is 6.49. The van der Waals surface area contributed by atoms with Gasteiger partial charge in [-0.1, -0.05) is 54.4 Å². The van der Waals surface area contributed by atoms with E-state index >= 15 is 0 Å². The second kappa shape index (κ2) is 8.37. The van der Waals surface area contributed by atoms with Crippen molar-refractivity contribution in [2.75, 3.05) is 13.6 Å². The maximum atomic E-state index is 12.3. The third kappa shape index (κ3) is 4.98. The van der Waals surface area contributed by atoms with Crippen LogP contribution in [0.3, 0.4) is 0 Å². The zero-order chi connectivity index (χ0) is 16.8. The molecule has 23 heavy (non-hydrogen) atoms. The van der Waals surface area contributed by atoms with Crippen molar-refractivity contribution in [3.05, 3.63) is 69.7 Å². The van der Waals surface area contributed by atoms with E-state index in [9.17, 15) is 4.79 Å². The van der Waals surface area contributed by atoms with Gasteiger partial charge in [-0.3, -0.25) is 4.79 Å². The van der Waals surface area contributed by atoms with E-state index in [1.165, 1.54) is 5.56 Å². The van der Waals surface area contributed by atoms with Crippen LogP contribution in [0, 0.1) is 0 Å². The average Bonchev–Trinajstić information content (AvgIpc) is 2.57. The SMILES string of the molecule is CC(CCCN(C)C(=O)c1ccccc1)c1ccc(Cl)c(Cl)c1. The molecule has 0 fully saturated rings. The highest BCUT2D eigenvalue weighted by Gasteiger charge is 2.12. The summed E-state index contributed by atoms with van der Waals surface area (Å²) in [6.07, 6.45) is 1.93. The van der Waals surface area contributed by atoms with Crippen LogP contribution >= 0.6 is 23.2 Å². The molecule has 0 bridgehead atoms. The predicted octanol–water partition coefficient (Wildman–Crippen LogP) is 5.65. The molecule has 2 rings (SSSR count). The largest absolute Gasteiger partial charge is 0.342 e. The Morgan fingerprint density at radius 3 is 2.43 bits per heavy atom. The summed E-state index contributed by atoms with van der Waals surface area (Å²) in [5.74, 6) is 0.442. The van der Waals surface area contributed by atoms with Crippen molar-refractivity contribution >= 4 is 29.1 Å². The molecule has 2 nitrogen and oxygen atoms in total. The normalized spacial score (nSPS) is 12.0. The molecule has 1 amide bonds. The maximum Gasteiger partial charge on any atom is 0.253 e. The molecular weight excluding hydrogens is 329 g/mol. The molecule has 1 atom stereocenters. The van der Waals surface area contributed by atoms with E-state index in [0.717, 1.165) is 24.9 Å². The Balaban J connectivity index is 1.84. The van der Waals surface area contributed by atoms with Gasteiger partial charge in [0.05, 0.1) is 10.0 Å². The molecule has 0 aliphatic heterocycles. The highest BCUT2D eigenvalue weighted by atomic mass is 35.5. The minimum absolute atomic E-state index is 0.0628. The lowest BCUT2D eigenvalue weighted by atomic mass is 9.96. The topological polar surface area (TPSA) is 20.3 Å². The van der Waals surface area contributed by atoms with Crippen LogP contribution in [-0.4, -0.2) is 24.4 Å². The number of rotatable bonds is 6. The first-order chi connectivity index (χ1) is 11.0. The second-order valence-corrected chi connectivity index (χ2v) is 6.62. The van der Waals surface area contributed by atoms with E-state index in [2.05, 4.69) is 6.92 Å². The first-order valence-electron chi connectivity index (χ1n) is 7.74. The Labute approximate surface area is 148 Å². The number of nitrogens with zero attached hydrogens (tertiary/aromatic N) is 1. The van der Waals surface area contributed by atoms with Crippen molar-refractivity contribution in [1.82, 2.24) is 4.90 Å². The van der Waals surface area contributed by atoms with Crippen molar-refractivity contribution < 1.29 is 4.79 Å². The van der Waals surface area contributed by atoms with Crippen molar-refractivity contribution in [2.24, 2.45) is 0 Å². The Bertz CT molecular complexity index is 658. The molecule has 4 heteroatoms. The number of benzene rings is 2. The van der Waals surface area contributed by atoms with E-state index in [0.29, 0.717) is 16.0 Å². The quantitative estimate of drug-likeness (QED) is 0.659. The Morgan fingerprint density at radius 2 is 1.78 bits per heavy atom. The van der Waals surface area contributed by atoms with Crippen molar-refractivity contribution in [2.45, 2.75) is 25.7 Å². The van der Waals surface area contributed by atoms with E-state index in [-0.39, 0.29) is 5.91 Å². The van der Waals surface area contributed by atoms with Crippen LogP contribution in [0.4, 0.5) is 0 Å². The number of hydrogen-bond donors (Lipinski definition) is 0. The van der Waals surface area contributed by atoms with Crippen LogP contribution in [0.1, 0.15) is 41.6 Å².